The summed E-state index contributed by atoms with van der Waals surface area (Å²) in [6, 6.07) is 8.43. The van der Waals surface area contributed by atoms with Gasteiger partial charge < -0.3 is 5.32 Å². The Balaban J connectivity index is 2.24. The van der Waals surface area contributed by atoms with Gasteiger partial charge in [-0.1, -0.05) is 12.1 Å². The molecule has 0 aliphatic carbocycles. The maximum absolute atomic E-state index is 8.63. The summed E-state index contributed by atoms with van der Waals surface area (Å²) in [7, 11) is 0. The number of para-hydroxylation sites is 1. The second-order valence-electron chi connectivity index (χ2n) is 3.59. The molecule has 0 fully saturated rings. The van der Waals surface area contributed by atoms with Crippen LogP contribution in [0, 0.1) is 17.2 Å². The van der Waals surface area contributed by atoms with Gasteiger partial charge in [0, 0.05) is 17.4 Å². The van der Waals surface area contributed by atoms with E-state index in [0.717, 1.165) is 17.4 Å². The smallest absolute Gasteiger partial charge is 0.0625 e. The number of nitrogens with zero attached hydrogens (tertiary/aromatic N) is 1. The van der Waals surface area contributed by atoms with Crippen LogP contribution in [0.5, 0.6) is 0 Å². The van der Waals surface area contributed by atoms with Gasteiger partial charge in [-0.2, -0.15) is 5.26 Å². The number of hydrogen-bond donors (Lipinski definition) is 1. The lowest BCUT2D eigenvalue weighted by molar-refractivity contribution is 0.550. The van der Waals surface area contributed by atoms with E-state index < -0.39 is 0 Å². The zero-order valence-electron chi connectivity index (χ0n) is 7.76. The summed E-state index contributed by atoms with van der Waals surface area (Å²) in [6.45, 7) is 0.906. The molecular weight excluding hydrogens is 240 g/mol. The predicted octanol–water partition coefficient (Wildman–Crippen LogP) is 2.95. The summed E-state index contributed by atoms with van der Waals surface area (Å²) in [5.41, 5.74) is 2.51. The van der Waals surface area contributed by atoms with Crippen molar-refractivity contribution >= 4 is 21.6 Å². The third-order valence-electron chi connectivity index (χ3n) is 2.56. The van der Waals surface area contributed by atoms with Gasteiger partial charge in [-0.3, -0.25) is 0 Å². The molecule has 0 radical (unpaired) electrons. The van der Waals surface area contributed by atoms with E-state index in [-0.39, 0.29) is 0 Å². The van der Waals surface area contributed by atoms with E-state index in [0.29, 0.717) is 12.3 Å². The molecule has 0 saturated carbocycles. The molecule has 3 heteroatoms. The minimum Gasteiger partial charge on any atom is -0.384 e. The van der Waals surface area contributed by atoms with Gasteiger partial charge in [-0.15, -0.1) is 0 Å². The first-order valence-electron chi connectivity index (χ1n) is 4.69. The lowest BCUT2D eigenvalue weighted by atomic mass is 9.92. The Hall–Kier alpha value is -1.01. The van der Waals surface area contributed by atoms with Gasteiger partial charge in [0.2, 0.25) is 0 Å². The highest BCUT2D eigenvalue weighted by molar-refractivity contribution is 9.10. The molecule has 2 rings (SSSR count). The van der Waals surface area contributed by atoms with Crippen LogP contribution in [0.1, 0.15) is 12.0 Å². The molecule has 0 bridgehead atoms. The van der Waals surface area contributed by atoms with Gasteiger partial charge in [0.05, 0.1) is 11.8 Å². The molecule has 1 aliphatic rings. The highest BCUT2D eigenvalue weighted by Crippen LogP contribution is 2.32. The standard InChI is InChI=1S/C11H11BrN2/c12-10-3-1-2-9-6-8(4-5-13)7-14-11(9)10/h1-3,8,14H,4,6-7H2. The van der Waals surface area contributed by atoms with Crippen LogP contribution >= 0.6 is 15.9 Å². The van der Waals surface area contributed by atoms with Crippen molar-refractivity contribution in [1.82, 2.24) is 0 Å². The quantitative estimate of drug-likeness (QED) is 0.832. The van der Waals surface area contributed by atoms with Gasteiger partial charge in [0.1, 0.15) is 0 Å². The highest BCUT2D eigenvalue weighted by Gasteiger charge is 2.18. The Kier molecular flexibility index (Phi) is 2.74. The van der Waals surface area contributed by atoms with Crippen LogP contribution in [0.25, 0.3) is 0 Å². The largest absolute Gasteiger partial charge is 0.384 e. The number of benzene rings is 1. The van der Waals surface area contributed by atoms with Crippen molar-refractivity contribution in [3.63, 3.8) is 0 Å². The van der Waals surface area contributed by atoms with Crippen molar-refractivity contribution < 1.29 is 0 Å². The summed E-state index contributed by atoms with van der Waals surface area (Å²) in [5, 5.41) is 12.0. The van der Waals surface area contributed by atoms with Gasteiger partial charge in [0.15, 0.2) is 0 Å². The number of rotatable bonds is 1. The first-order valence-corrected chi connectivity index (χ1v) is 5.49. The summed E-state index contributed by atoms with van der Waals surface area (Å²) < 4.78 is 1.12. The zero-order chi connectivity index (χ0) is 9.97. The van der Waals surface area contributed by atoms with Gasteiger partial charge >= 0.3 is 0 Å². The number of fused-ring (bicyclic) bond motifs is 1. The zero-order valence-corrected chi connectivity index (χ0v) is 9.34. The first kappa shape index (κ1) is 9.54. The molecule has 2 nitrogen and oxygen atoms in total. The van der Waals surface area contributed by atoms with E-state index >= 15 is 0 Å². The number of nitriles is 1. The lowest BCUT2D eigenvalue weighted by Gasteiger charge is -2.25. The summed E-state index contributed by atoms with van der Waals surface area (Å²) >= 11 is 3.51. The topological polar surface area (TPSA) is 35.8 Å². The van der Waals surface area contributed by atoms with Gasteiger partial charge in [-0.05, 0) is 39.9 Å². The van der Waals surface area contributed by atoms with Crippen molar-refractivity contribution in [3.05, 3.63) is 28.2 Å². The van der Waals surface area contributed by atoms with E-state index in [1.54, 1.807) is 0 Å². The fourth-order valence-corrected chi connectivity index (χ4v) is 2.39. The second-order valence-corrected chi connectivity index (χ2v) is 4.44. The normalized spacial score (nSPS) is 19.3. The highest BCUT2D eigenvalue weighted by atomic mass is 79.9. The summed E-state index contributed by atoms with van der Waals surface area (Å²) in [6.07, 6.45) is 1.65. The molecular formula is C11H11BrN2. The third-order valence-corrected chi connectivity index (χ3v) is 3.22. The number of anilines is 1. The SMILES string of the molecule is N#CCC1CNc2c(Br)cccc2C1. The van der Waals surface area contributed by atoms with Crippen molar-refractivity contribution in [2.24, 2.45) is 5.92 Å². The van der Waals surface area contributed by atoms with E-state index in [4.69, 9.17) is 5.26 Å². The van der Waals surface area contributed by atoms with Gasteiger partial charge in [0.25, 0.3) is 0 Å². The number of hydrogen-bond acceptors (Lipinski definition) is 2. The maximum atomic E-state index is 8.63. The summed E-state index contributed by atoms with van der Waals surface area (Å²) in [5.74, 6) is 0.460. The van der Waals surface area contributed by atoms with Crippen LogP contribution in [0.2, 0.25) is 0 Å². The average molecular weight is 251 g/mol. The van der Waals surface area contributed by atoms with Crippen LogP contribution in [-0.4, -0.2) is 6.54 Å². The number of halogens is 1. The lowest BCUT2D eigenvalue weighted by Crippen LogP contribution is -2.22. The molecule has 1 unspecified atom stereocenters. The Morgan fingerprint density at radius 2 is 2.43 bits per heavy atom. The molecule has 1 aliphatic heterocycles. The third kappa shape index (κ3) is 1.76. The Morgan fingerprint density at radius 3 is 3.21 bits per heavy atom. The molecule has 72 valence electrons. The molecule has 0 saturated heterocycles. The van der Waals surface area contributed by atoms with Crippen molar-refractivity contribution in [3.8, 4) is 6.07 Å². The molecule has 1 N–H and O–H groups in total. The minimum absolute atomic E-state index is 0.460. The van der Waals surface area contributed by atoms with Crippen molar-refractivity contribution in [2.75, 3.05) is 11.9 Å². The average Bonchev–Trinajstić information content (AvgIpc) is 2.18. The molecule has 0 amide bonds. The second kappa shape index (κ2) is 4.02. The number of nitrogens with one attached hydrogen (secondary N) is 1. The maximum Gasteiger partial charge on any atom is 0.0625 e. The van der Waals surface area contributed by atoms with Crippen LogP contribution in [0.4, 0.5) is 5.69 Å². The molecule has 1 aromatic rings. The summed E-state index contributed by atoms with van der Waals surface area (Å²) in [4.78, 5) is 0. The monoisotopic (exact) mass is 250 g/mol. The van der Waals surface area contributed by atoms with Crippen LogP contribution in [0.3, 0.4) is 0 Å². The van der Waals surface area contributed by atoms with Crippen LogP contribution in [0.15, 0.2) is 22.7 Å². The predicted molar refractivity (Wildman–Crippen MR) is 60.1 cm³/mol. The van der Waals surface area contributed by atoms with E-state index in [1.165, 1.54) is 11.3 Å². The van der Waals surface area contributed by atoms with Crippen molar-refractivity contribution in [2.45, 2.75) is 12.8 Å². The van der Waals surface area contributed by atoms with Gasteiger partial charge in [-0.25, -0.2) is 0 Å². The fourth-order valence-electron chi connectivity index (χ4n) is 1.84. The van der Waals surface area contributed by atoms with Crippen LogP contribution < -0.4 is 5.32 Å². The van der Waals surface area contributed by atoms with E-state index in [9.17, 15) is 0 Å². The van der Waals surface area contributed by atoms with Crippen LogP contribution in [-0.2, 0) is 6.42 Å². The first-order chi connectivity index (χ1) is 6.81. The molecule has 0 aromatic heterocycles. The molecule has 1 heterocycles. The van der Waals surface area contributed by atoms with E-state index in [2.05, 4.69) is 33.4 Å². The molecule has 14 heavy (non-hydrogen) atoms. The Labute approximate surface area is 92.1 Å². The molecule has 1 aromatic carbocycles. The Morgan fingerprint density at radius 1 is 1.57 bits per heavy atom. The van der Waals surface area contributed by atoms with E-state index in [1.807, 2.05) is 12.1 Å². The minimum atomic E-state index is 0.460. The Bertz CT molecular complexity index is 381. The fraction of sp³-hybridized carbons (Fsp3) is 0.364. The molecule has 0 spiro atoms. The van der Waals surface area contributed by atoms with Crippen molar-refractivity contribution in [1.29, 1.82) is 5.26 Å². The molecule has 1 atom stereocenters.